The molecule has 1 unspecified atom stereocenters. The predicted molar refractivity (Wildman–Crippen MR) is 188 cm³/mol. The maximum absolute atomic E-state index is 13.3. The van der Waals surface area contributed by atoms with Crippen LogP contribution in [-0.4, -0.2) is 63.5 Å². The summed E-state index contributed by atoms with van der Waals surface area (Å²) in [5.74, 6) is -0.341. The summed E-state index contributed by atoms with van der Waals surface area (Å²) >= 11 is 0. The number of carbonyl (C=O) groups excluding carboxylic acids is 3. The fraction of sp³-hybridized carbons (Fsp3) is 0.421. The summed E-state index contributed by atoms with van der Waals surface area (Å²) in [6.07, 6.45) is -0.759. The van der Waals surface area contributed by atoms with E-state index in [0.29, 0.717) is 18.6 Å². The van der Waals surface area contributed by atoms with Gasteiger partial charge in [0.15, 0.2) is 0 Å². The summed E-state index contributed by atoms with van der Waals surface area (Å²) in [6, 6.07) is 24.0. The molecule has 1 heterocycles. The van der Waals surface area contributed by atoms with Crippen molar-refractivity contribution in [1.29, 1.82) is 0 Å². The van der Waals surface area contributed by atoms with Crippen LogP contribution in [0.3, 0.4) is 0 Å². The summed E-state index contributed by atoms with van der Waals surface area (Å²) in [7, 11) is 1.53. The minimum atomic E-state index is -0.741. The van der Waals surface area contributed by atoms with Crippen LogP contribution < -0.4 is 10.9 Å². The van der Waals surface area contributed by atoms with Gasteiger partial charge in [0.1, 0.15) is 17.7 Å². The third kappa shape index (κ3) is 10.1. The molecule has 0 saturated carbocycles. The third-order valence-electron chi connectivity index (χ3n) is 7.51. The molecule has 0 aliphatic heterocycles. The van der Waals surface area contributed by atoms with Crippen LogP contribution in [0.1, 0.15) is 69.8 Å². The molecule has 4 rings (SSSR count). The number of imidazole rings is 1. The van der Waals surface area contributed by atoms with Crippen molar-refractivity contribution >= 4 is 29.1 Å². The molecule has 10 nitrogen and oxygen atoms in total. The highest BCUT2D eigenvalue weighted by molar-refractivity contribution is 5.82. The van der Waals surface area contributed by atoms with Gasteiger partial charge in [-0.05, 0) is 85.1 Å². The molecule has 0 saturated heterocycles. The summed E-state index contributed by atoms with van der Waals surface area (Å²) in [5, 5.41) is 3.03. The average Bonchev–Trinajstić information content (AvgIpc) is 3.27. The van der Waals surface area contributed by atoms with Gasteiger partial charge in [0.2, 0.25) is 11.5 Å². The monoisotopic (exact) mass is 655 g/mol. The Labute approximate surface area is 283 Å². The molecule has 256 valence electrons. The van der Waals surface area contributed by atoms with Crippen LogP contribution >= 0.6 is 0 Å². The van der Waals surface area contributed by atoms with Crippen LogP contribution in [0.4, 0.5) is 9.59 Å². The Morgan fingerprint density at radius 1 is 0.792 bits per heavy atom. The third-order valence-corrected chi connectivity index (χ3v) is 7.51. The molecule has 48 heavy (non-hydrogen) atoms. The van der Waals surface area contributed by atoms with E-state index in [-0.39, 0.29) is 25.0 Å². The normalized spacial score (nSPS) is 12.9. The van der Waals surface area contributed by atoms with E-state index >= 15 is 0 Å². The number of benzene rings is 3. The predicted octanol–water partition coefficient (Wildman–Crippen LogP) is 6.71. The largest absolute Gasteiger partial charge is 0.444 e. The highest BCUT2D eigenvalue weighted by Gasteiger charge is 2.25. The Kier molecular flexibility index (Phi) is 11.2. The van der Waals surface area contributed by atoms with E-state index < -0.39 is 23.4 Å². The minimum absolute atomic E-state index is 0.179. The number of carbonyl (C=O) groups is 3. The van der Waals surface area contributed by atoms with E-state index in [1.165, 1.54) is 11.9 Å². The molecule has 0 fully saturated rings. The molecule has 0 aliphatic carbocycles. The zero-order chi connectivity index (χ0) is 35.2. The lowest BCUT2D eigenvalue weighted by molar-refractivity contribution is -0.122. The van der Waals surface area contributed by atoms with Gasteiger partial charge < -0.3 is 28.8 Å². The Morgan fingerprint density at radius 2 is 1.33 bits per heavy atom. The molecule has 1 N–H and O–H groups in total. The maximum Gasteiger partial charge on any atom is 0.437 e. The first-order valence-electron chi connectivity index (χ1n) is 16.3. The second-order valence-electron chi connectivity index (χ2n) is 14.3. The zero-order valence-electron chi connectivity index (χ0n) is 29.7. The van der Waals surface area contributed by atoms with Gasteiger partial charge >= 0.3 is 12.2 Å². The number of nitrogens with zero attached hydrogens (tertiary/aromatic N) is 4. The van der Waals surface area contributed by atoms with Gasteiger partial charge in [-0.3, -0.25) is 4.79 Å². The van der Waals surface area contributed by atoms with Gasteiger partial charge in [0, 0.05) is 13.6 Å². The van der Waals surface area contributed by atoms with Gasteiger partial charge in [-0.25, -0.2) is 9.59 Å². The van der Waals surface area contributed by atoms with Crippen LogP contribution in [0, 0.1) is 13.8 Å². The number of rotatable bonds is 9. The van der Waals surface area contributed by atoms with Gasteiger partial charge in [0.05, 0.1) is 23.6 Å². The fourth-order valence-corrected chi connectivity index (χ4v) is 5.27. The summed E-state index contributed by atoms with van der Waals surface area (Å²) < 4.78 is 15.1. The lowest BCUT2D eigenvalue weighted by Gasteiger charge is -2.25. The fourth-order valence-electron chi connectivity index (χ4n) is 5.27. The number of fused-ring (bicyclic) bond motifs is 1. The number of para-hydroxylation sites is 2. The summed E-state index contributed by atoms with van der Waals surface area (Å²) in [5.41, 5.74) is 5.10. The molecule has 1 atom stereocenters. The Balaban J connectivity index is 1.82. The highest BCUT2D eigenvalue weighted by Crippen LogP contribution is 2.22. The van der Waals surface area contributed by atoms with E-state index in [1.807, 2.05) is 47.2 Å². The molecule has 0 spiro atoms. The first-order chi connectivity index (χ1) is 22.5. The number of nitrogens with one attached hydrogen (secondary N) is 1. The van der Waals surface area contributed by atoms with E-state index in [4.69, 9.17) is 9.47 Å². The molecule has 0 aliphatic rings. The highest BCUT2D eigenvalue weighted by atomic mass is 16.6. The molecular formula is C38H49N5O5. The number of ether oxygens (including phenoxy) is 2. The van der Waals surface area contributed by atoms with E-state index in [0.717, 1.165) is 33.3 Å². The van der Waals surface area contributed by atoms with Crippen molar-refractivity contribution in [2.24, 2.45) is 4.99 Å². The number of likely N-dealkylation sites (N-methyl/N-ethyl adjacent to an activating group) is 1. The van der Waals surface area contributed by atoms with Crippen molar-refractivity contribution < 1.29 is 23.9 Å². The molecule has 0 radical (unpaired) electrons. The molecule has 3 amide bonds. The number of amides is 3. The number of hydrogen-bond donors (Lipinski definition) is 1. The van der Waals surface area contributed by atoms with Crippen LogP contribution in [-0.2, 0) is 27.2 Å². The molecular weight excluding hydrogens is 606 g/mol. The Hall–Kier alpha value is -4.86. The van der Waals surface area contributed by atoms with E-state index in [2.05, 4.69) is 58.8 Å². The SMILES string of the molecule is Cc1ccc(CC(CNC(=O)CN(C)C(=O)OC(C)(C)C)n2c(=NC(=O)OC(C)(C)C)n(Cc3ccc(C)cc3)c3ccccc32)cc1. The first kappa shape index (κ1) is 36.0. The second kappa shape index (κ2) is 14.9. The standard InChI is InChI=1S/C38H49N5O5/c1-26-14-18-28(19-15-26)22-30(23-39-33(44)25-41(9)36(46)48-38(6,7)8)43-32-13-11-10-12-31(32)42(24-29-20-16-27(2)17-21-29)34(43)40-35(45)47-37(3,4)5/h10-21,30H,22-25H2,1-9H3,(H,39,44). The van der Waals surface area contributed by atoms with Crippen molar-refractivity contribution in [2.45, 2.75) is 85.6 Å². The van der Waals surface area contributed by atoms with Crippen LogP contribution in [0.5, 0.6) is 0 Å². The minimum Gasteiger partial charge on any atom is -0.444 e. The first-order valence-corrected chi connectivity index (χ1v) is 16.3. The van der Waals surface area contributed by atoms with Gasteiger partial charge in [-0.15, -0.1) is 4.99 Å². The second-order valence-corrected chi connectivity index (χ2v) is 14.3. The molecule has 0 bridgehead atoms. The van der Waals surface area contributed by atoms with Crippen LogP contribution in [0.25, 0.3) is 11.0 Å². The van der Waals surface area contributed by atoms with Crippen molar-refractivity contribution in [3.63, 3.8) is 0 Å². The summed E-state index contributed by atoms with van der Waals surface area (Å²) in [4.78, 5) is 45.0. The Bertz CT molecular complexity index is 1810. The van der Waals surface area contributed by atoms with Gasteiger partial charge in [-0.2, -0.15) is 0 Å². The van der Waals surface area contributed by atoms with Crippen LogP contribution in [0.15, 0.2) is 77.8 Å². The van der Waals surface area contributed by atoms with Gasteiger partial charge in [-0.1, -0.05) is 71.8 Å². The van der Waals surface area contributed by atoms with Crippen molar-refractivity contribution in [3.8, 4) is 0 Å². The lowest BCUT2D eigenvalue weighted by atomic mass is 10.0. The number of hydrogen-bond acceptors (Lipinski definition) is 5. The zero-order valence-corrected chi connectivity index (χ0v) is 29.7. The maximum atomic E-state index is 13.3. The van der Waals surface area contributed by atoms with E-state index in [1.54, 1.807) is 41.5 Å². The van der Waals surface area contributed by atoms with Crippen molar-refractivity contribution in [1.82, 2.24) is 19.4 Å². The van der Waals surface area contributed by atoms with Gasteiger partial charge in [0.25, 0.3) is 0 Å². The molecule has 10 heteroatoms. The van der Waals surface area contributed by atoms with E-state index in [9.17, 15) is 14.4 Å². The smallest absolute Gasteiger partial charge is 0.437 e. The van der Waals surface area contributed by atoms with Crippen LogP contribution in [0.2, 0.25) is 0 Å². The number of aromatic nitrogens is 2. The van der Waals surface area contributed by atoms with Crippen molar-refractivity contribution in [2.75, 3.05) is 20.1 Å². The molecule has 4 aromatic rings. The average molecular weight is 656 g/mol. The van der Waals surface area contributed by atoms with Crippen molar-refractivity contribution in [3.05, 3.63) is 101 Å². The number of aryl methyl sites for hydroxylation is 2. The quantitative estimate of drug-likeness (QED) is 0.216. The topological polar surface area (TPSA) is 107 Å². The molecule has 3 aromatic carbocycles. The Morgan fingerprint density at radius 3 is 1.90 bits per heavy atom. The summed E-state index contributed by atoms with van der Waals surface area (Å²) in [6.45, 7) is 15.3. The molecule has 1 aromatic heterocycles. The lowest BCUT2D eigenvalue weighted by Crippen LogP contribution is -2.43.